The van der Waals surface area contributed by atoms with Crippen molar-refractivity contribution in [2.75, 3.05) is 11.1 Å². The van der Waals surface area contributed by atoms with Crippen molar-refractivity contribution in [1.29, 1.82) is 0 Å². The largest absolute Gasteiger partial charge is 0.394 e. The lowest BCUT2D eigenvalue weighted by molar-refractivity contribution is 0.102. The average Bonchev–Trinajstić information content (AvgIpc) is 2.64. The number of aromatic amines is 1. The van der Waals surface area contributed by atoms with E-state index in [-0.39, 0.29) is 15.9 Å². The second-order valence-electron chi connectivity index (χ2n) is 3.67. The number of hydrogen-bond donors (Lipinski definition) is 3. The molecule has 4 N–H and O–H groups in total. The van der Waals surface area contributed by atoms with Crippen LogP contribution >= 0.6 is 15.9 Å². The molecule has 2 rings (SSSR count). The smallest absolute Gasteiger partial charge is 0.259 e. The van der Waals surface area contributed by atoms with E-state index in [0.717, 1.165) is 0 Å². The minimum Gasteiger partial charge on any atom is -0.394 e. The number of carbonyl (C=O) groups excluding carboxylic acids is 1. The highest BCUT2D eigenvalue weighted by Crippen LogP contribution is 2.22. The lowest BCUT2D eigenvalue weighted by atomic mass is 10.2. The molecule has 0 fully saturated rings. The van der Waals surface area contributed by atoms with Crippen molar-refractivity contribution in [2.24, 2.45) is 0 Å². The van der Waals surface area contributed by atoms with E-state index in [1.54, 1.807) is 13.0 Å². The number of nitrogens with zero attached hydrogens (tertiary/aromatic N) is 1. The van der Waals surface area contributed by atoms with E-state index >= 15 is 0 Å². The van der Waals surface area contributed by atoms with Gasteiger partial charge in [0, 0.05) is 0 Å². The standard InChI is InChI=1S/C11H10BrFN4O/c1-5-9(14)10(17-16-5)15-11(18)6-3-2-4-7(12)8(6)13/h2-4H,14H2,1H3,(H2,15,16,17,18). The number of carbonyl (C=O) groups is 1. The van der Waals surface area contributed by atoms with Gasteiger partial charge in [-0.25, -0.2) is 4.39 Å². The normalized spacial score (nSPS) is 10.4. The first-order chi connectivity index (χ1) is 8.50. The van der Waals surface area contributed by atoms with Crippen LogP contribution in [0.1, 0.15) is 16.1 Å². The van der Waals surface area contributed by atoms with Gasteiger partial charge in [0.2, 0.25) is 0 Å². The first-order valence-corrected chi connectivity index (χ1v) is 5.85. The fraction of sp³-hybridized carbons (Fsp3) is 0.0909. The van der Waals surface area contributed by atoms with Crippen molar-refractivity contribution in [1.82, 2.24) is 10.2 Å². The lowest BCUT2D eigenvalue weighted by Gasteiger charge is -2.05. The molecule has 7 heteroatoms. The van der Waals surface area contributed by atoms with E-state index in [4.69, 9.17) is 5.73 Å². The topological polar surface area (TPSA) is 83.8 Å². The summed E-state index contributed by atoms with van der Waals surface area (Å²) in [6.07, 6.45) is 0. The molecule has 1 heterocycles. The van der Waals surface area contributed by atoms with Crippen LogP contribution in [-0.4, -0.2) is 16.1 Å². The van der Waals surface area contributed by atoms with Crippen LogP contribution in [0, 0.1) is 12.7 Å². The van der Waals surface area contributed by atoms with Crippen LogP contribution < -0.4 is 11.1 Å². The Balaban J connectivity index is 2.28. The molecule has 2 aromatic rings. The van der Waals surface area contributed by atoms with Crippen LogP contribution in [0.3, 0.4) is 0 Å². The number of rotatable bonds is 2. The molecule has 0 bridgehead atoms. The summed E-state index contributed by atoms with van der Waals surface area (Å²) in [5.41, 5.74) is 6.58. The van der Waals surface area contributed by atoms with E-state index in [9.17, 15) is 9.18 Å². The summed E-state index contributed by atoms with van der Waals surface area (Å²) in [5, 5.41) is 8.89. The van der Waals surface area contributed by atoms with Crippen molar-refractivity contribution in [3.8, 4) is 0 Å². The Morgan fingerprint density at radius 2 is 2.28 bits per heavy atom. The predicted molar refractivity (Wildman–Crippen MR) is 69.8 cm³/mol. The monoisotopic (exact) mass is 312 g/mol. The maximum atomic E-state index is 13.7. The highest BCUT2D eigenvalue weighted by atomic mass is 79.9. The Kier molecular flexibility index (Phi) is 3.33. The zero-order chi connectivity index (χ0) is 13.3. The Labute approximate surface area is 111 Å². The van der Waals surface area contributed by atoms with Gasteiger partial charge in [0.1, 0.15) is 5.82 Å². The summed E-state index contributed by atoms with van der Waals surface area (Å²) in [5.74, 6) is -1.04. The second kappa shape index (κ2) is 4.77. The third kappa shape index (κ3) is 2.21. The number of hydrogen-bond acceptors (Lipinski definition) is 3. The molecule has 1 aromatic carbocycles. The maximum Gasteiger partial charge on any atom is 0.259 e. The number of halogens is 2. The SMILES string of the molecule is Cc1[nH]nc(NC(=O)c2cccc(Br)c2F)c1N. The molecular formula is C11H10BrFN4O. The molecule has 0 atom stereocenters. The number of aryl methyl sites for hydroxylation is 1. The summed E-state index contributed by atoms with van der Waals surface area (Å²) < 4.78 is 13.9. The first kappa shape index (κ1) is 12.6. The quantitative estimate of drug-likeness (QED) is 0.796. The number of amides is 1. The van der Waals surface area contributed by atoms with E-state index in [1.807, 2.05) is 0 Å². The van der Waals surface area contributed by atoms with Gasteiger partial charge in [-0.05, 0) is 35.0 Å². The van der Waals surface area contributed by atoms with Crippen LogP contribution in [0.15, 0.2) is 22.7 Å². The van der Waals surface area contributed by atoms with Gasteiger partial charge in [0.25, 0.3) is 5.91 Å². The zero-order valence-corrected chi connectivity index (χ0v) is 11.0. The summed E-state index contributed by atoms with van der Waals surface area (Å²) in [4.78, 5) is 11.9. The molecular weight excluding hydrogens is 303 g/mol. The van der Waals surface area contributed by atoms with Gasteiger partial charge in [-0.3, -0.25) is 9.89 Å². The molecule has 0 spiro atoms. The molecule has 0 aliphatic rings. The molecule has 1 aromatic heterocycles. The minimum atomic E-state index is -0.624. The van der Waals surface area contributed by atoms with E-state index in [1.165, 1.54) is 12.1 Å². The van der Waals surface area contributed by atoms with Gasteiger partial charge < -0.3 is 11.1 Å². The number of benzene rings is 1. The van der Waals surface area contributed by atoms with Crippen LogP contribution in [0.2, 0.25) is 0 Å². The van der Waals surface area contributed by atoms with Crippen LogP contribution in [0.25, 0.3) is 0 Å². The van der Waals surface area contributed by atoms with Gasteiger partial charge >= 0.3 is 0 Å². The van der Waals surface area contributed by atoms with E-state index in [2.05, 4.69) is 31.4 Å². The average molecular weight is 313 g/mol. The molecule has 94 valence electrons. The molecule has 0 radical (unpaired) electrons. The Hall–Kier alpha value is -1.89. The second-order valence-corrected chi connectivity index (χ2v) is 4.52. The number of nitrogens with one attached hydrogen (secondary N) is 2. The lowest BCUT2D eigenvalue weighted by Crippen LogP contribution is -2.15. The van der Waals surface area contributed by atoms with Gasteiger partial charge in [0.15, 0.2) is 5.82 Å². The third-order valence-corrected chi connectivity index (χ3v) is 3.04. The number of nitrogen functional groups attached to an aromatic ring is 1. The molecule has 0 saturated heterocycles. The number of aromatic nitrogens is 2. The highest BCUT2D eigenvalue weighted by molar-refractivity contribution is 9.10. The fourth-order valence-electron chi connectivity index (χ4n) is 1.39. The van der Waals surface area contributed by atoms with Gasteiger partial charge in [-0.1, -0.05) is 6.07 Å². The molecule has 5 nitrogen and oxygen atoms in total. The Morgan fingerprint density at radius 3 is 2.89 bits per heavy atom. The summed E-state index contributed by atoms with van der Waals surface area (Å²) in [7, 11) is 0. The van der Waals surface area contributed by atoms with Gasteiger partial charge in [0.05, 0.1) is 21.4 Å². The molecule has 0 unspecified atom stereocenters. The van der Waals surface area contributed by atoms with Crippen molar-refractivity contribution in [3.63, 3.8) is 0 Å². The molecule has 0 aliphatic carbocycles. The fourth-order valence-corrected chi connectivity index (χ4v) is 1.75. The van der Waals surface area contributed by atoms with Crippen LogP contribution in [0.4, 0.5) is 15.9 Å². The first-order valence-electron chi connectivity index (χ1n) is 5.06. The van der Waals surface area contributed by atoms with Crippen molar-refractivity contribution < 1.29 is 9.18 Å². The van der Waals surface area contributed by atoms with Crippen molar-refractivity contribution in [2.45, 2.75) is 6.92 Å². The van der Waals surface area contributed by atoms with E-state index < -0.39 is 11.7 Å². The summed E-state index contributed by atoms with van der Waals surface area (Å²) in [6, 6.07) is 4.46. The van der Waals surface area contributed by atoms with Crippen molar-refractivity contribution >= 4 is 33.3 Å². The maximum absolute atomic E-state index is 13.7. The molecule has 0 aliphatic heterocycles. The van der Waals surface area contributed by atoms with E-state index in [0.29, 0.717) is 11.4 Å². The molecule has 0 saturated carbocycles. The zero-order valence-electron chi connectivity index (χ0n) is 9.42. The number of nitrogens with two attached hydrogens (primary N) is 1. The Morgan fingerprint density at radius 1 is 1.56 bits per heavy atom. The number of H-pyrrole nitrogens is 1. The van der Waals surface area contributed by atoms with Crippen molar-refractivity contribution in [3.05, 3.63) is 39.7 Å². The third-order valence-electron chi connectivity index (χ3n) is 2.42. The van der Waals surface area contributed by atoms with Crippen LogP contribution in [-0.2, 0) is 0 Å². The predicted octanol–water partition coefficient (Wildman–Crippen LogP) is 2.45. The minimum absolute atomic E-state index is 0.0792. The summed E-state index contributed by atoms with van der Waals surface area (Å²) in [6.45, 7) is 1.72. The number of anilines is 2. The Bertz CT molecular complexity index is 611. The van der Waals surface area contributed by atoms with Gasteiger partial charge in [-0.2, -0.15) is 5.10 Å². The molecule has 18 heavy (non-hydrogen) atoms. The molecule has 1 amide bonds. The van der Waals surface area contributed by atoms with Crippen LogP contribution in [0.5, 0.6) is 0 Å². The summed E-state index contributed by atoms with van der Waals surface area (Å²) >= 11 is 3.02. The van der Waals surface area contributed by atoms with Gasteiger partial charge in [-0.15, -0.1) is 0 Å². The highest BCUT2D eigenvalue weighted by Gasteiger charge is 2.16.